The van der Waals surface area contributed by atoms with Crippen molar-refractivity contribution in [3.05, 3.63) is 0 Å². The van der Waals surface area contributed by atoms with Crippen molar-refractivity contribution in [1.29, 1.82) is 0 Å². The Morgan fingerprint density at radius 2 is 2.23 bits per heavy atom. The molecule has 0 bridgehead atoms. The Kier molecular flexibility index (Phi) is 3.72. The second kappa shape index (κ2) is 4.61. The average molecular weight is 185 g/mol. The number of carbonyl (C=O) groups is 1. The number of hydrogen-bond donors (Lipinski definition) is 1. The van der Waals surface area contributed by atoms with Crippen molar-refractivity contribution in [2.24, 2.45) is 11.8 Å². The molecule has 1 heterocycles. The predicted molar refractivity (Wildman–Crippen MR) is 51.4 cm³/mol. The maximum Gasteiger partial charge on any atom is 0.310 e. The molecule has 3 nitrogen and oxygen atoms in total. The molecule has 0 radical (unpaired) electrons. The smallest absolute Gasteiger partial charge is 0.310 e. The van der Waals surface area contributed by atoms with Gasteiger partial charge in [0.25, 0.3) is 0 Å². The third kappa shape index (κ3) is 2.44. The van der Waals surface area contributed by atoms with E-state index in [1.165, 1.54) is 7.11 Å². The van der Waals surface area contributed by atoms with Crippen LogP contribution in [-0.4, -0.2) is 25.7 Å². The van der Waals surface area contributed by atoms with Gasteiger partial charge in [-0.05, 0) is 25.3 Å². The molecule has 0 saturated carbocycles. The molecule has 1 aliphatic heterocycles. The van der Waals surface area contributed by atoms with Gasteiger partial charge >= 0.3 is 5.97 Å². The van der Waals surface area contributed by atoms with Gasteiger partial charge in [0.15, 0.2) is 0 Å². The third-order valence-electron chi connectivity index (χ3n) is 2.73. The summed E-state index contributed by atoms with van der Waals surface area (Å²) < 4.78 is 4.79. The second-order valence-corrected chi connectivity index (χ2v) is 4.00. The molecule has 1 rings (SSSR count). The van der Waals surface area contributed by atoms with E-state index in [9.17, 15) is 4.79 Å². The van der Waals surface area contributed by atoms with E-state index >= 15 is 0 Å². The van der Waals surface area contributed by atoms with Gasteiger partial charge in [0, 0.05) is 6.04 Å². The summed E-state index contributed by atoms with van der Waals surface area (Å²) in [5.74, 6) is 0.481. The fourth-order valence-electron chi connectivity index (χ4n) is 2.03. The number of carbonyl (C=O) groups excluding carboxylic acids is 1. The third-order valence-corrected chi connectivity index (χ3v) is 2.73. The summed E-state index contributed by atoms with van der Waals surface area (Å²) >= 11 is 0. The van der Waals surface area contributed by atoms with Gasteiger partial charge in [-0.3, -0.25) is 4.79 Å². The van der Waals surface area contributed by atoms with Gasteiger partial charge < -0.3 is 10.1 Å². The number of piperidine rings is 1. The van der Waals surface area contributed by atoms with Gasteiger partial charge in [-0.2, -0.15) is 0 Å². The first-order valence-electron chi connectivity index (χ1n) is 4.98. The minimum Gasteiger partial charge on any atom is -0.469 e. The van der Waals surface area contributed by atoms with Crippen LogP contribution in [0.15, 0.2) is 0 Å². The van der Waals surface area contributed by atoms with E-state index in [1.807, 2.05) is 0 Å². The Morgan fingerprint density at radius 1 is 1.54 bits per heavy atom. The van der Waals surface area contributed by atoms with Crippen molar-refractivity contribution < 1.29 is 9.53 Å². The Hall–Kier alpha value is -0.570. The van der Waals surface area contributed by atoms with Crippen molar-refractivity contribution in [2.45, 2.75) is 32.7 Å². The molecule has 3 heteroatoms. The van der Waals surface area contributed by atoms with Crippen molar-refractivity contribution in [2.75, 3.05) is 13.7 Å². The molecule has 2 atom stereocenters. The molecule has 1 aliphatic rings. The lowest BCUT2D eigenvalue weighted by atomic mass is 9.84. The monoisotopic (exact) mass is 185 g/mol. The van der Waals surface area contributed by atoms with Crippen LogP contribution in [0.5, 0.6) is 0 Å². The summed E-state index contributed by atoms with van der Waals surface area (Å²) in [5, 5.41) is 3.38. The summed E-state index contributed by atoms with van der Waals surface area (Å²) in [6.45, 7) is 5.30. The SMILES string of the molecule is COC(=O)C1CCCNC1C(C)C. The standard InChI is InChI=1S/C10H19NO2/c1-7(2)9-8(10(12)13-3)5-4-6-11-9/h7-9,11H,4-6H2,1-3H3. The summed E-state index contributed by atoms with van der Waals surface area (Å²) in [7, 11) is 1.47. The van der Waals surface area contributed by atoms with Gasteiger partial charge in [0.1, 0.15) is 0 Å². The summed E-state index contributed by atoms with van der Waals surface area (Å²) in [6.07, 6.45) is 2.03. The largest absolute Gasteiger partial charge is 0.469 e. The molecule has 2 unspecified atom stereocenters. The number of methoxy groups -OCH3 is 1. The highest BCUT2D eigenvalue weighted by Gasteiger charge is 2.33. The zero-order valence-corrected chi connectivity index (χ0v) is 8.67. The fourth-order valence-corrected chi connectivity index (χ4v) is 2.03. The first kappa shape index (κ1) is 10.5. The van der Waals surface area contributed by atoms with Gasteiger partial charge in [0.2, 0.25) is 0 Å². The van der Waals surface area contributed by atoms with E-state index in [0.717, 1.165) is 19.4 Å². The maximum absolute atomic E-state index is 11.4. The van der Waals surface area contributed by atoms with Crippen LogP contribution in [0.2, 0.25) is 0 Å². The quantitative estimate of drug-likeness (QED) is 0.657. The van der Waals surface area contributed by atoms with Crippen molar-refractivity contribution >= 4 is 5.97 Å². The van der Waals surface area contributed by atoms with Gasteiger partial charge in [-0.15, -0.1) is 0 Å². The zero-order valence-electron chi connectivity index (χ0n) is 8.67. The molecule has 0 aromatic heterocycles. The van der Waals surface area contributed by atoms with E-state index < -0.39 is 0 Å². The van der Waals surface area contributed by atoms with Crippen LogP contribution in [0.4, 0.5) is 0 Å². The highest BCUT2D eigenvalue weighted by atomic mass is 16.5. The minimum absolute atomic E-state index is 0.0544. The van der Waals surface area contributed by atoms with Crippen LogP contribution in [-0.2, 0) is 9.53 Å². The summed E-state index contributed by atoms with van der Waals surface area (Å²) in [6, 6.07) is 0.293. The molecule has 0 aromatic rings. The topological polar surface area (TPSA) is 38.3 Å². The Bertz CT molecular complexity index is 180. The molecule has 13 heavy (non-hydrogen) atoms. The normalized spacial score (nSPS) is 28.9. The highest BCUT2D eigenvalue weighted by Crippen LogP contribution is 2.22. The number of nitrogens with one attached hydrogen (secondary N) is 1. The fraction of sp³-hybridized carbons (Fsp3) is 0.900. The molecular weight excluding hydrogens is 166 g/mol. The van der Waals surface area contributed by atoms with E-state index in [4.69, 9.17) is 4.74 Å². The Labute approximate surface area is 79.8 Å². The molecule has 76 valence electrons. The molecular formula is C10H19NO2. The van der Waals surface area contributed by atoms with E-state index in [-0.39, 0.29) is 11.9 Å². The molecule has 0 amide bonds. The number of esters is 1. The highest BCUT2D eigenvalue weighted by molar-refractivity contribution is 5.73. The van der Waals surface area contributed by atoms with Crippen LogP contribution in [0.3, 0.4) is 0 Å². The van der Waals surface area contributed by atoms with Crippen LogP contribution >= 0.6 is 0 Å². The van der Waals surface area contributed by atoms with Gasteiger partial charge in [-0.25, -0.2) is 0 Å². The lowest BCUT2D eigenvalue weighted by Crippen LogP contribution is -2.48. The second-order valence-electron chi connectivity index (χ2n) is 4.00. The maximum atomic E-state index is 11.4. The summed E-state index contributed by atoms with van der Waals surface area (Å²) in [4.78, 5) is 11.4. The molecule has 1 saturated heterocycles. The molecule has 0 aromatic carbocycles. The van der Waals surface area contributed by atoms with E-state index in [0.29, 0.717) is 12.0 Å². The zero-order chi connectivity index (χ0) is 9.84. The van der Waals surface area contributed by atoms with Gasteiger partial charge in [0.05, 0.1) is 13.0 Å². The first-order chi connectivity index (χ1) is 6.16. The van der Waals surface area contributed by atoms with Crippen molar-refractivity contribution in [3.8, 4) is 0 Å². The number of ether oxygens (including phenoxy) is 1. The van der Waals surface area contributed by atoms with Crippen LogP contribution in [0.1, 0.15) is 26.7 Å². The van der Waals surface area contributed by atoms with E-state index in [2.05, 4.69) is 19.2 Å². The predicted octanol–water partition coefficient (Wildman–Crippen LogP) is 1.18. The molecule has 1 N–H and O–H groups in total. The van der Waals surface area contributed by atoms with E-state index in [1.54, 1.807) is 0 Å². The average Bonchev–Trinajstić information content (AvgIpc) is 2.16. The van der Waals surface area contributed by atoms with Crippen LogP contribution in [0.25, 0.3) is 0 Å². The van der Waals surface area contributed by atoms with Crippen molar-refractivity contribution in [1.82, 2.24) is 5.32 Å². The Morgan fingerprint density at radius 3 is 2.77 bits per heavy atom. The Balaban J connectivity index is 2.61. The number of rotatable bonds is 2. The summed E-state index contributed by atoms with van der Waals surface area (Å²) in [5.41, 5.74) is 0. The van der Waals surface area contributed by atoms with Crippen LogP contribution < -0.4 is 5.32 Å². The molecule has 1 fully saturated rings. The van der Waals surface area contributed by atoms with Crippen molar-refractivity contribution in [3.63, 3.8) is 0 Å². The first-order valence-corrected chi connectivity index (χ1v) is 4.98. The molecule has 0 spiro atoms. The molecule has 0 aliphatic carbocycles. The van der Waals surface area contributed by atoms with Crippen LogP contribution in [0, 0.1) is 11.8 Å². The lowest BCUT2D eigenvalue weighted by Gasteiger charge is -2.33. The minimum atomic E-state index is -0.0640. The van der Waals surface area contributed by atoms with Gasteiger partial charge in [-0.1, -0.05) is 13.8 Å². The number of hydrogen-bond acceptors (Lipinski definition) is 3. The lowest BCUT2D eigenvalue weighted by molar-refractivity contribution is -0.148.